The van der Waals surface area contributed by atoms with Crippen LogP contribution in [0.1, 0.15) is 31.4 Å². The second-order valence-corrected chi connectivity index (χ2v) is 4.94. The van der Waals surface area contributed by atoms with Gasteiger partial charge in [-0.25, -0.2) is 0 Å². The average Bonchev–Trinajstić information content (AvgIpc) is 2.75. The first kappa shape index (κ1) is 11.3. The van der Waals surface area contributed by atoms with Crippen LogP contribution in [0.5, 0.6) is 0 Å². The molecular formula is C17H19N. The van der Waals surface area contributed by atoms with Gasteiger partial charge in [-0.1, -0.05) is 38.5 Å². The van der Waals surface area contributed by atoms with Crippen LogP contribution in [0, 0.1) is 0 Å². The normalized spacial score (nSPS) is 11.4. The van der Waals surface area contributed by atoms with Crippen LogP contribution in [0.2, 0.25) is 0 Å². The number of hydrogen-bond donors (Lipinski definition) is 1. The van der Waals surface area contributed by atoms with Gasteiger partial charge in [0.2, 0.25) is 0 Å². The van der Waals surface area contributed by atoms with Gasteiger partial charge >= 0.3 is 0 Å². The van der Waals surface area contributed by atoms with Gasteiger partial charge < -0.3 is 4.98 Å². The molecule has 0 fully saturated rings. The van der Waals surface area contributed by atoms with Gasteiger partial charge in [0.25, 0.3) is 0 Å². The Bertz CT molecular complexity index is 691. The van der Waals surface area contributed by atoms with Crippen molar-refractivity contribution < 1.29 is 0 Å². The van der Waals surface area contributed by atoms with Crippen LogP contribution in [-0.2, 0) is 12.8 Å². The second kappa shape index (κ2) is 4.49. The minimum Gasteiger partial charge on any atom is -0.355 e. The molecule has 0 aliphatic heterocycles. The molecular weight excluding hydrogens is 218 g/mol. The molecule has 0 amide bonds. The summed E-state index contributed by atoms with van der Waals surface area (Å²) in [6.07, 6.45) is 3.50. The summed E-state index contributed by atoms with van der Waals surface area (Å²) in [5.41, 5.74) is 5.51. The monoisotopic (exact) mass is 237 g/mol. The third-order valence-electron chi connectivity index (χ3n) is 3.73. The molecule has 0 saturated heterocycles. The van der Waals surface area contributed by atoms with Crippen LogP contribution in [0.4, 0.5) is 0 Å². The van der Waals surface area contributed by atoms with Crippen LogP contribution in [0.15, 0.2) is 36.4 Å². The number of benzene rings is 2. The summed E-state index contributed by atoms with van der Waals surface area (Å²) in [6.45, 7) is 4.49. The van der Waals surface area contributed by atoms with E-state index in [1.807, 2.05) is 0 Å². The van der Waals surface area contributed by atoms with Gasteiger partial charge in [-0.05, 0) is 42.2 Å². The van der Waals surface area contributed by atoms with Crippen molar-refractivity contribution in [3.63, 3.8) is 0 Å². The molecule has 0 spiro atoms. The highest BCUT2D eigenvalue weighted by atomic mass is 14.7. The van der Waals surface area contributed by atoms with E-state index in [4.69, 9.17) is 0 Å². The van der Waals surface area contributed by atoms with Gasteiger partial charge in [0.05, 0.1) is 0 Å². The van der Waals surface area contributed by atoms with Crippen LogP contribution < -0.4 is 0 Å². The first-order valence-corrected chi connectivity index (χ1v) is 6.85. The van der Waals surface area contributed by atoms with Crippen LogP contribution in [0.3, 0.4) is 0 Å². The fraction of sp³-hybridized carbons (Fsp3) is 0.294. The number of para-hydroxylation sites is 1. The Kier molecular flexibility index (Phi) is 2.83. The van der Waals surface area contributed by atoms with Crippen molar-refractivity contribution >= 4 is 21.8 Å². The quantitative estimate of drug-likeness (QED) is 0.671. The van der Waals surface area contributed by atoms with Crippen LogP contribution >= 0.6 is 0 Å². The molecule has 0 bridgehead atoms. The van der Waals surface area contributed by atoms with E-state index in [1.54, 1.807) is 0 Å². The third-order valence-corrected chi connectivity index (χ3v) is 3.73. The Morgan fingerprint density at radius 2 is 1.72 bits per heavy atom. The lowest BCUT2D eigenvalue weighted by atomic mass is 9.98. The fourth-order valence-electron chi connectivity index (χ4n) is 2.82. The SMILES string of the molecule is CCCc1cc2[nH]c3ccccc3c2cc1CC. The fourth-order valence-corrected chi connectivity index (χ4v) is 2.82. The van der Waals surface area contributed by atoms with Crippen LogP contribution in [-0.4, -0.2) is 4.98 Å². The Morgan fingerprint density at radius 3 is 2.50 bits per heavy atom. The smallest absolute Gasteiger partial charge is 0.0467 e. The molecule has 2 aromatic carbocycles. The van der Waals surface area contributed by atoms with E-state index in [0.29, 0.717) is 0 Å². The summed E-state index contributed by atoms with van der Waals surface area (Å²) >= 11 is 0. The van der Waals surface area contributed by atoms with Gasteiger partial charge in [-0.3, -0.25) is 0 Å². The van der Waals surface area contributed by atoms with E-state index < -0.39 is 0 Å². The van der Waals surface area contributed by atoms with Gasteiger partial charge in [0.15, 0.2) is 0 Å². The number of aryl methyl sites for hydroxylation is 2. The van der Waals surface area contributed by atoms with E-state index in [-0.39, 0.29) is 0 Å². The molecule has 1 nitrogen and oxygen atoms in total. The lowest BCUT2D eigenvalue weighted by Gasteiger charge is -2.07. The molecule has 0 atom stereocenters. The number of fused-ring (bicyclic) bond motifs is 3. The first-order valence-electron chi connectivity index (χ1n) is 6.85. The topological polar surface area (TPSA) is 15.8 Å². The van der Waals surface area contributed by atoms with E-state index in [9.17, 15) is 0 Å². The average molecular weight is 237 g/mol. The largest absolute Gasteiger partial charge is 0.355 e. The zero-order valence-electron chi connectivity index (χ0n) is 11.1. The maximum absolute atomic E-state index is 3.53. The molecule has 1 aromatic heterocycles. The predicted octanol–water partition coefficient (Wildman–Crippen LogP) is 4.84. The van der Waals surface area contributed by atoms with E-state index in [0.717, 1.165) is 6.42 Å². The Balaban J connectivity index is 2.32. The predicted molar refractivity (Wildman–Crippen MR) is 79.2 cm³/mol. The molecule has 0 aliphatic rings. The molecule has 3 aromatic rings. The summed E-state index contributed by atoms with van der Waals surface area (Å²) < 4.78 is 0. The molecule has 0 aliphatic carbocycles. The molecule has 1 heterocycles. The number of nitrogens with one attached hydrogen (secondary N) is 1. The van der Waals surface area contributed by atoms with Gasteiger partial charge in [-0.2, -0.15) is 0 Å². The Labute approximate surface area is 108 Å². The summed E-state index contributed by atoms with van der Waals surface area (Å²) in [6, 6.07) is 13.3. The van der Waals surface area contributed by atoms with E-state index in [2.05, 4.69) is 55.2 Å². The molecule has 1 N–H and O–H groups in total. The number of aromatic nitrogens is 1. The number of H-pyrrole nitrogens is 1. The maximum Gasteiger partial charge on any atom is 0.0467 e. The highest BCUT2D eigenvalue weighted by molar-refractivity contribution is 6.07. The molecule has 3 rings (SSSR count). The van der Waals surface area contributed by atoms with Crippen LogP contribution in [0.25, 0.3) is 21.8 Å². The van der Waals surface area contributed by atoms with Crippen molar-refractivity contribution in [2.45, 2.75) is 33.1 Å². The molecule has 0 radical (unpaired) electrons. The Hall–Kier alpha value is -1.76. The minimum atomic E-state index is 1.12. The molecule has 18 heavy (non-hydrogen) atoms. The van der Waals surface area contributed by atoms with Crippen molar-refractivity contribution in [3.8, 4) is 0 Å². The zero-order valence-corrected chi connectivity index (χ0v) is 11.1. The first-order chi connectivity index (χ1) is 8.83. The summed E-state index contributed by atoms with van der Waals surface area (Å²) in [5, 5.41) is 2.70. The molecule has 92 valence electrons. The van der Waals surface area contributed by atoms with E-state index >= 15 is 0 Å². The Morgan fingerprint density at radius 1 is 0.889 bits per heavy atom. The molecule has 0 unspecified atom stereocenters. The molecule has 1 heteroatoms. The number of aromatic amines is 1. The zero-order chi connectivity index (χ0) is 12.5. The lowest BCUT2D eigenvalue weighted by molar-refractivity contribution is 0.901. The van der Waals surface area contributed by atoms with Crippen molar-refractivity contribution in [2.24, 2.45) is 0 Å². The van der Waals surface area contributed by atoms with Gasteiger partial charge in [-0.15, -0.1) is 0 Å². The summed E-state index contributed by atoms with van der Waals surface area (Å²) in [7, 11) is 0. The summed E-state index contributed by atoms with van der Waals surface area (Å²) in [4.78, 5) is 3.53. The van der Waals surface area contributed by atoms with Crippen molar-refractivity contribution in [1.29, 1.82) is 0 Å². The highest BCUT2D eigenvalue weighted by Crippen LogP contribution is 2.28. The number of rotatable bonds is 3. The minimum absolute atomic E-state index is 1.12. The van der Waals surface area contributed by atoms with Crippen molar-refractivity contribution in [2.75, 3.05) is 0 Å². The maximum atomic E-state index is 3.53. The number of hydrogen-bond acceptors (Lipinski definition) is 0. The summed E-state index contributed by atoms with van der Waals surface area (Å²) in [5.74, 6) is 0. The third kappa shape index (κ3) is 1.71. The van der Waals surface area contributed by atoms with E-state index in [1.165, 1.54) is 45.8 Å². The standard InChI is InChI=1S/C17H19N/c1-3-7-13-11-17-15(10-12(13)4-2)14-8-5-6-9-16(14)18-17/h5-6,8-11,18H,3-4,7H2,1-2H3. The van der Waals surface area contributed by atoms with Gasteiger partial charge in [0.1, 0.15) is 0 Å². The highest BCUT2D eigenvalue weighted by Gasteiger charge is 2.08. The second-order valence-electron chi connectivity index (χ2n) is 4.94. The molecule has 0 saturated carbocycles. The van der Waals surface area contributed by atoms with Crippen molar-refractivity contribution in [3.05, 3.63) is 47.5 Å². The lowest BCUT2D eigenvalue weighted by Crippen LogP contribution is -1.92. The van der Waals surface area contributed by atoms with Gasteiger partial charge in [0, 0.05) is 21.8 Å². The van der Waals surface area contributed by atoms with Crippen molar-refractivity contribution in [1.82, 2.24) is 4.98 Å².